The lowest BCUT2D eigenvalue weighted by atomic mass is 10.2. The summed E-state index contributed by atoms with van der Waals surface area (Å²) in [5.74, 6) is 1.34. The van der Waals surface area contributed by atoms with Gasteiger partial charge in [0.25, 0.3) is 0 Å². The third kappa shape index (κ3) is 2.48. The van der Waals surface area contributed by atoms with E-state index in [2.05, 4.69) is 6.92 Å². The van der Waals surface area contributed by atoms with Crippen molar-refractivity contribution in [1.82, 2.24) is 0 Å². The van der Waals surface area contributed by atoms with Gasteiger partial charge < -0.3 is 14.4 Å². The molecule has 0 aliphatic rings. The molecule has 0 fully saturated rings. The average molecular weight is 230 g/mol. The van der Waals surface area contributed by atoms with E-state index >= 15 is 0 Å². The first-order valence-corrected chi connectivity index (χ1v) is 5.14. The van der Waals surface area contributed by atoms with E-state index in [0.29, 0.717) is 16.5 Å². The van der Waals surface area contributed by atoms with Crippen LogP contribution < -0.4 is 14.4 Å². The monoisotopic (exact) mass is 229 g/mol. The van der Waals surface area contributed by atoms with E-state index in [1.165, 1.54) is 0 Å². The van der Waals surface area contributed by atoms with Crippen molar-refractivity contribution in [3.05, 3.63) is 17.2 Å². The van der Waals surface area contributed by atoms with Crippen LogP contribution >= 0.6 is 11.6 Å². The molecule has 0 radical (unpaired) electrons. The van der Waals surface area contributed by atoms with Crippen LogP contribution in [0.3, 0.4) is 0 Å². The second-order valence-electron chi connectivity index (χ2n) is 3.17. The van der Waals surface area contributed by atoms with E-state index in [4.69, 9.17) is 21.1 Å². The quantitative estimate of drug-likeness (QED) is 0.793. The molecule has 0 aliphatic heterocycles. The number of hydrogen-bond acceptors (Lipinski definition) is 3. The van der Waals surface area contributed by atoms with Gasteiger partial charge in [-0.1, -0.05) is 11.6 Å². The maximum absolute atomic E-state index is 6.13. The zero-order valence-electron chi connectivity index (χ0n) is 9.50. The Labute approximate surface area is 95.5 Å². The lowest BCUT2D eigenvalue weighted by Gasteiger charge is -2.20. The van der Waals surface area contributed by atoms with E-state index in [0.717, 1.165) is 12.2 Å². The van der Waals surface area contributed by atoms with Gasteiger partial charge >= 0.3 is 0 Å². The Bertz CT molecular complexity index is 342. The summed E-state index contributed by atoms with van der Waals surface area (Å²) in [5.41, 5.74) is 0.941. The number of hydrogen-bond donors (Lipinski definition) is 0. The highest BCUT2D eigenvalue weighted by Gasteiger charge is 2.11. The molecule has 3 nitrogen and oxygen atoms in total. The fraction of sp³-hybridized carbons (Fsp3) is 0.455. The Morgan fingerprint density at radius 1 is 1.20 bits per heavy atom. The smallest absolute Gasteiger partial charge is 0.162 e. The zero-order valence-corrected chi connectivity index (χ0v) is 10.3. The Morgan fingerprint density at radius 2 is 1.73 bits per heavy atom. The van der Waals surface area contributed by atoms with Crippen molar-refractivity contribution in [3.8, 4) is 11.5 Å². The van der Waals surface area contributed by atoms with Crippen LogP contribution in [0.25, 0.3) is 0 Å². The number of methoxy groups -OCH3 is 2. The van der Waals surface area contributed by atoms with Crippen LogP contribution in [0.15, 0.2) is 12.1 Å². The standard InChI is InChI=1S/C11H16ClNO2/c1-5-13(2)9-7-11(15-4)10(14-3)6-8(9)12/h6-7H,5H2,1-4H3. The van der Waals surface area contributed by atoms with Crippen LogP contribution in [0.5, 0.6) is 11.5 Å². The summed E-state index contributed by atoms with van der Waals surface area (Å²) in [7, 11) is 5.19. The lowest BCUT2D eigenvalue weighted by molar-refractivity contribution is 0.355. The predicted octanol–water partition coefficient (Wildman–Crippen LogP) is 2.81. The fourth-order valence-corrected chi connectivity index (χ4v) is 1.60. The number of nitrogens with zero attached hydrogens (tertiary/aromatic N) is 1. The second kappa shape index (κ2) is 5.12. The molecule has 0 amide bonds. The topological polar surface area (TPSA) is 21.7 Å². The van der Waals surface area contributed by atoms with Crippen LogP contribution in [0, 0.1) is 0 Å². The summed E-state index contributed by atoms with van der Waals surface area (Å²) < 4.78 is 10.4. The minimum Gasteiger partial charge on any atom is -0.493 e. The molecule has 0 saturated carbocycles. The Kier molecular flexibility index (Phi) is 4.09. The molecule has 0 aromatic heterocycles. The van der Waals surface area contributed by atoms with Crippen molar-refractivity contribution in [2.75, 3.05) is 32.7 Å². The number of ether oxygens (including phenoxy) is 2. The van der Waals surface area contributed by atoms with Gasteiger partial charge in [0, 0.05) is 25.7 Å². The van der Waals surface area contributed by atoms with Crippen molar-refractivity contribution in [3.63, 3.8) is 0 Å². The third-order valence-electron chi connectivity index (χ3n) is 2.34. The number of halogens is 1. The van der Waals surface area contributed by atoms with Gasteiger partial charge in [-0.2, -0.15) is 0 Å². The molecule has 1 aromatic rings. The first-order valence-electron chi connectivity index (χ1n) is 4.76. The molecule has 4 heteroatoms. The normalized spacial score (nSPS) is 9.93. The molecular weight excluding hydrogens is 214 g/mol. The molecule has 1 rings (SSSR count). The van der Waals surface area contributed by atoms with Gasteiger partial charge in [-0.3, -0.25) is 0 Å². The molecule has 0 atom stereocenters. The van der Waals surface area contributed by atoms with Crippen molar-refractivity contribution in [2.45, 2.75) is 6.92 Å². The third-order valence-corrected chi connectivity index (χ3v) is 2.64. The molecule has 0 N–H and O–H groups in total. The average Bonchev–Trinajstić information content (AvgIpc) is 2.27. The molecule has 15 heavy (non-hydrogen) atoms. The minimum absolute atomic E-state index is 0.649. The summed E-state index contributed by atoms with van der Waals surface area (Å²) in [6.07, 6.45) is 0. The van der Waals surface area contributed by atoms with Gasteiger partial charge in [-0.25, -0.2) is 0 Å². The molecule has 0 aliphatic carbocycles. The van der Waals surface area contributed by atoms with Crippen LogP contribution in [0.1, 0.15) is 6.92 Å². The molecule has 0 spiro atoms. The van der Waals surface area contributed by atoms with Gasteiger partial charge in [0.1, 0.15) is 0 Å². The van der Waals surface area contributed by atoms with Crippen LogP contribution in [-0.4, -0.2) is 27.8 Å². The predicted molar refractivity (Wildman–Crippen MR) is 63.5 cm³/mol. The number of anilines is 1. The van der Waals surface area contributed by atoms with E-state index < -0.39 is 0 Å². The lowest BCUT2D eigenvalue weighted by Crippen LogP contribution is -2.16. The van der Waals surface area contributed by atoms with Gasteiger partial charge in [0.15, 0.2) is 11.5 Å². The van der Waals surface area contributed by atoms with Gasteiger partial charge in [0.2, 0.25) is 0 Å². The Hall–Kier alpha value is -1.09. The molecule has 84 valence electrons. The molecule has 0 unspecified atom stereocenters. The summed E-state index contributed by atoms with van der Waals surface area (Å²) in [6, 6.07) is 3.65. The van der Waals surface area contributed by atoms with Crippen molar-refractivity contribution in [1.29, 1.82) is 0 Å². The van der Waals surface area contributed by atoms with E-state index in [1.807, 2.05) is 18.0 Å². The van der Waals surface area contributed by atoms with Crippen LogP contribution in [-0.2, 0) is 0 Å². The molecule has 1 aromatic carbocycles. The van der Waals surface area contributed by atoms with Gasteiger partial charge in [0.05, 0.1) is 24.9 Å². The van der Waals surface area contributed by atoms with Crippen molar-refractivity contribution in [2.24, 2.45) is 0 Å². The van der Waals surface area contributed by atoms with Crippen LogP contribution in [0.4, 0.5) is 5.69 Å². The van der Waals surface area contributed by atoms with Gasteiger partial charge in [-0.05, 0) is 6.92 Å². The largest absolute Gasteiger partial charge is 0.493 e. The maximum Gasteiger partial charge on any atom is 0.162 e. The Balaban J connectivity index is 3.19. The second-order valence-corrected chi connectivity index (χ2v) is 3.58. The maximum atomic E-state index is 6.13. The highest BCUT2D eigenvalue weighted by molar-refractivity contribution is 6.33. The molecular formula is C11H16ClNO2. The van der Waals surface area contributed by atoms with Gasteiger partial charge in [-0.15, -0.1) is 0 Å². The summed E-state index contributed by atoms with van der Waals surface area (Å²) in [5, 5.41) is 0.664. The van der Waals surface area contributed by atoms with E-state index in [-0.39, 0.29) is 0 Å². The minimum atomic E-state index is 0.649. The summed E-state index contributed by atoms with van der Waals surface area (Å²) in [4.78, 5) is 2.05. The first-order chi connectivity index (χ1) is 7.13. The van der Waals surface area contributed by atoms with Crippen molar-refractivity contribution >= 4 is 17.3 Å². The number of benzene rings is 1. The molecule has 0 heterocycles. The SMILES string of the molecule is CCN(C)c1cc(OC)c(OC)cc1Cl. The van der Waals surface area contributed by atoms with E-state index in [9.17, 15) is 0 Å². The fourth-order valence-electron chi connectivity index (χ4n) is 1.31. The summed E-state index contributed by atoms with van der Waals surface area (Å²) in [6.45, 7) is 2.95. The Morgan fingerprint density at radius 3 is 2.20 bits per heavy atom. The van der Waals surface area contributed by atoms with Crippen LogP contribution in [0.2, 0.25) is 5.02 Å². The highest BCUT2D eigenvalue weighted by Crippen LogP contribution is 2.37. The highest BCUT2D eigenvalue weighted by atomic mass is 35.5. The van der Waals surface area contributed by atoms with E-state index in [1.54, 1.807) is 20.3 Å². The van der Waals surface area contributed by atoms with Crippen molar-refractivity contribution < 1.29 is 9.47 Å². The molecule has 0 saturated heterocycles. The first kappa shape index (κ1) is 12.0. The number of rotatable bonds is 4. The molecule has 0 bridgehead atoms. The zero-order chi connectivity index (χ0) is 11.4. The summed E-state index contributed by atoms with van der Waals surface area (Å²) >= 11 is 6.13.